The van der Waals surface area contributed by atoms with Gasteiger partial charge in [-0.3, -0.25) is 4.79 Å². The Morgan fingerprint density at radius 2 is 2.50 bits per heavy atom. The molecule has 1 aliphatic rings. The van der Waals surface area contributed by atoms with Gasteiger partial charge in [0.05, 0.1) is 6.26 Å². The summed E-state index contributed by atoms with van der Waals surface area (Å²) in [6, 6.07) is 3.77. The summed E-state index contributed by atoms with van der Waals surface area (Å²) in [5.41, 5.74) is 0. The molecule has 2 atom stereocenters. The molecule has 3 nitrogen and oxygen atoms in total. The van der Waals surface area contributed by atoms with Crippen LogP contribution in [0.15, 0.2) is 22.8 Å². The van der Waals surface area contributed by atoms with Crippen LogP contribution in [0.1, 0.15) is 18.6 Å². The van der Waals surface area contributed by atoms with Crippen LogP contribution in [0.5, 0.6) is 0 Å². The molecule has 0 aliphatic carbocycles. The van der Waals surface area contributed by atoms with E-state index in [0.717, 1.165) is 5.76 Å². The van der Waals surface area contributed by atoms with Gasteiger partial charge in [-0.15, -0.1) is 0 Å². The number of nitrogens with one attached hydrogen (secondary N) is 1. The van der Waals surface area contributed by atoms with Gasteiger partial charge in [-0.25, -0.2) is 0 Å². The van der Waals surface area contributed by atoms with E-state index in [0.29, 0.717) is 6.54 Å². The van der Waals surface area contributed by atoms with Crippen LogP contribution >= 0.6 is 0 Å². The molecule has 3 heteroatoms. The van der Waals surface area contributed by atoms with Crippen molar-refractivity contribution in [1.82, 2.24) is 5.32 Å². The molecule has 1 amide bonds. The Hall–Kier alpha value is -1.25. The van der Waals surface area contributed by atoms with Gasteiger partial charge in [0.15, 0.2) is 0 Å². The minimum absolute atomic E-state index is 0.0381. The Kier molecular flexibility index (Phi) is 1.64. The van der Waals surface area contributed by atoms with E-state index in [1.807, 2.05) is 19.1 Å². The van der Waals surface area contributed by atoms with Crippen molar-refractivity contribution in [3.05, 3.63) is 24.2 Å². The number of carbonyl (C=O) groups excluding carboxylic acids is 1. The third-order valence-electron chi connectivity index (χ3n) is 2.42. The molecule has 0 spiro atoms. The predicted molar refractivity (Wildman–Crippen MR) is 43.6 cm³/mol. The molecule has 1 aliphatic heterocycles. The third kappa shape index (κ3) is 1.02. The molecule has 2 rings (SSSR count). The lowest BCUT2D eigenvalue weighted by atomic mass is 9.95. The van der Waals surface area contributed by atoms with Gasteiger partial charge in [0.2, 0.25) is 5.91 Å². The highest BCUT2D eigenvalue weighted by Gasteiger charge is 2.33. The molecule has 0 saturated carbocycles. The van der Waals surface area contributed by atoms with E-state index >= 15 is 0 Å². The lowest BCUT2D eigenvalue weighted by Crippen LogP contribution is -2.16. The highest BCUT2D eigenvalue weighted by Crippen LogP contribution is 2.28. The van der Waals surface area contributed by atoms with Gasteiger partial charge in [-0.05, 0) is 12.1 Å². The highest BCUT2D eigenvalue weighted by molar-refractivity contribution is 5.81. The normalized spacial score (nSPS) is 28.9. The molecule has 0 aromatic carbocycles. The van der Waals surface area contributed by atoms with E-state index in [2.05, 4.69) is 5.32 Å². The molecule has 2 heterocycles. The third-order valence-corrected chi connectivity index (χ3v) is 2.42. The number of hydrogen-bond donors (Lipinski definition) is 1. The summed E-state index contributed by atoms with van der Waals surface area (Å²) >= 11 is 0. The molecule has 0 radical (unpaired) electrons. The molecule has 2 unspecified atom stereocenters. The second kappa shape index (κ2) is 2.66. The Morgan fingerprint density at radius 3 is 3.00 bits per heavy atom. The predicted octanol–water partition coefficient (Wildman–Crippen LogP) is 1.13. The molecular formula is C9H11NO2. The van der Waals surface area contributed by atoms with Gasteiger partial charge in [0, 0.05) is 18.4 Å². The summed E-state index contributed by atoms with van der Waals surface area (Å²) < 4.78 is 5.24. The average Bonchev–Trinajstić information content (AvgIpc) is 2.64. The average molecular weight is 165 g/mol. The summed E-state index contributed by atoms with van der Waals surface area (Å²) in [5.74, 6) is 1.28. The van der Waals surface area contributed by atoms with Crippen LogP contribution in [-0.2, 0) is 4.79 Å². The van der Waals surface area contributed by atoms with E-state index < -0.39 is 0 Å². The van der Waals surface area contributed by atoms with Crippen LogP contribution < -0.4 is 5.32 Å². The van der Waals surface area contributed by atoms with Crippen LogP contribution in [0.4, 0.5) is 0 Å². The Balaban J connectivity index is 2.21. The molecular weight excluding hydrogens is 154 g/mol. The summed E-state index contributed by atoms with van der Waals surface area (Å²) in [6.07, 6.45) is 1.64. The van der Waals surface area contributed by atoms with Crippen molar-refractivity contribution in [3.63, 3.8) is 0 Å². The van der Waals surface area contributed by atoms with Crippen molar-refractivity contribution in [2.75, 3.05) is 6.54 Å². The minimum atomic E-state index is 0.0381. The Morgan fingerprint density at radius 1 is 1.67 bits per heavy atom. The van der Waals surface area contributed by atoms with Gasteiger partial charge >= 0.3 is 0 Å². The van der Waals surface area contributed by atoms with Crippen molar-refractivity contribution in [1.29, 1.82) is 0 Å². The van der Waals surface area contributed by atoms with E-state index in [4.69, 9.17) is 4.42 Å². The molecule has 1 N–H and O–H groups in total. The fraction of sp³-hybridized carbons (Fsp3) is 0.444. The van der Waals surface area contributed by atoms with Gasteiger partial charge in [0.25, 0.3) is 0 Å². The number of amides is 1. The first-order valence-electron chi connectivity index (χ1n) is 4.10. The fourth-order valence-electron chi connectivity index (χ4n) is 1.58. The van der Waals surface area contributed by atoms with Gasteiger partial charge in [-0.1, -0.05) is 6.92 Å². The molecule has 1 aromatic heterocycles. The molecule has 64 valence electrons. The smallest absolute Gasteiger partial charge is 0.223 e. The quantitative estimate of drug-likeness (QED) is 0.677. The van der Waals surface area contributed by atoms with Gasteiger partial charge < -0.3 is 9.73 Å². The van der Waals surface area contributed by atoms with Crippen LogP contribution in [-0.4, -0.2) is 12.5 Å². The molecule has 0 bridgehead atoms. The van der Waals surface area contributed by atoms with Crippen molar-refractivity contribution < 1.29 is 9.21 Å². The molecule has 1 saturated heterocycles. The van der Waals surface area contributed by atoms with E-state index in [1.165, 1.54) is 0 Å². The van der Waals surface area contributed by atoms with Crippen LogP contribution in [0.25, 0.3) is 0 Å². The van der Waals surface area contributed by atoms with E-state index in [-0.39, 0.29) is 17.7 Å². The van der Waals surface area contributed by atoms with Crippen molar-refractivity contribution >= 4 is 5.91 Å². The second-order valence-electron chi connectivity index (χ2n) is 3.16. The summed E-state index contributed by atoms with van der Waals surface area (Å²) in [6.45, 7) is 2.63. The topological polar surface area (TPSA) is 42.2 Å². The van der Waals surface area contributed by atoms with Crippen LogP contribution in [0.2, 0.25) is 0 Å². The zero-order chi connectivity index (χ0) is 8.55. The van der Waals surface area contributed by atoms with Crippen molar-refractivity contribution in [3.8, 4) is 0 Å². The first kappa shape index (κ1) is 7.40. The van der Waals surface area contributed by atoms with Crippen LogP contribution in [0.3, 0.4) is 0 Å². The lowest BCUT2D eigenvalue weighted by Gasteiger charge is -2.07. The fourth-order valence-corrected chi connectivity index (χ4v) is 1.58. The highest BCUT2D eigenvalue weighted by atomic mass is 16.3. The SMILES string of the molecule is CC1C(=O)NCC1c1ccco1. The monoisotopic (exact) mass is 165 g/mol. The first-order valence-corrected chi connectivity index (χ1v) is 4.10. The van der Waals surface area contributed by atoms with Crippen LogP contribution in [0, 0.1) is 5.92 Å². The maximum Gasteiger partial charge on any atom is 0.223 e. The first-order chi connectivity index (χ1) is 5.79. The van der Waals surface area contributed by atoms with Gasteiger partial charge in [0.1, 0.15) is 5.76 Å². The summed E-state index contributed by atoms with van der Waals surface area (Å²) in [5, 5.41) is 2.81. The Bertz CT molecular complexity index is 279. The standard InChI is InChI=1S/C9H11NO2/c1-6-7(5-10-9(6)11)8-3-2-4-12-8/h2-4,6-7H,5H2,1H3,(H,10,11). The molecule has 12 heavy (non-hydrogen) atoms. The molecule has 1 fully saturated rings. The van der Waals surface area contributed by atoms with Gasteiger partial charge in [-0.2, -0.15) is 0 Å². The Labute approximate surface area is 70.8 Å². The van der Waals surface area contributed by atoms with Crippen molar-refractivity contribution in [2.45, 2.75) is 12.8 Å². The minimum Gasteiger partial charge on any atom is -0.469 e. The van der Waals surface area contributed by atoms with E-state index in [1.54, 1.807) is 6.26 Å². The number of hydrogen-bond acceptors (Lipinski definition) is 2. The lowest BCUT2D eigenvalue weighted by molar-refractivity contribution is -0.122. The number of furan rings is 1. The second-order valence-corrected chi connectivity index (χ2v) is 3.16. The van der Waals surface area contributed by atoms with E-state index in [9.17, 15) is 4.79 Å². The maximum absolute atomic E-state index is 11.1. The number of carbonyl (C=O) groups is 1. The zero-order valence-corrected chi connectivity index (χ0v) is 6.91. The maximum atomic E-state index is 11.1. The van der Waals surface area contributed by atoms with Crippen molar-refractivity contribution in [2.24, 2.45) is 5.92 Å². The summed E-state index contributed by atoms with van der Waals surface area (Å²) in [4.78, 5) is 11.1. The zero-order valence-electron chi connectivity index (χ0n) is 6.91. The summed E-state index contributed by atoms with van der Waals surface area (Å²) in [7, 11) is 0. The number of rotatable bonds is 1. The largest absolute Gasteiger partial charge is 0.469 e. The molecule has 1 aromatic rings.